The summed E-state index contributed by atoms with van der Waals surface area (Å²) in [7, 11) is 0. The molecule has 0 spiro atoms. The first kappa shape index (κ1) is 23.6. The number of nitrogens with zero attached hydrogens (tertiary/aromatic N) is 4. The van der Waals surface area contributed by atoms with Gasteiger partial charge in [-0.3, -0.25) is 0 Å². The van der Waals surface area contributed by atoms with Crippen LogP contribution in [0.15, 0.2) is 41.1 Å². The summed E-state index contributed by atoms with van der Waals surface area (Å²) in [5, 5.41) is 31.3. The van der Waals surface area contributed by atoms with Crippen molar-refractivity contribution >= 4 is 50.8 Å². The van der Waals surface area contributed by atoms with Gasteiger partial charge in [-0.25, -0.2) is 9.97 Å². The van der Waals surface area contributed by atoms with E-state index in [1.54, 1.807) is 19.3 Å². The maximum Gasteiger partial charge on any atom is 0.229 e. The first-order valence-electron chi connectivity index (χ1n) is 10.2. The van der Waals surface area contributed by atoms with Crippen molar-refractivity contribution in [3.05, 3.63) is 46.7 Å². The zero-order chi connectivity index (χ0) is 23.1. The van der Waals surface area contributed by atoms with E-state index in [2.05, 4.69) is 57.1 Å². The van der Waals surface area contributed by atoms with Gasteiger partial charge in [-0.1, -0.05) is 0 Å². The molecule has 0 amide bonds. The molecule has 0 bridgehead atoms. The Kier molecular flexibility index (Phi) is 8.14. The molecule has 0 unspecified atom stereocenters. The molecular weight excluding hydrogens is 476 g/mol. The number of rotatable bonds is 10. The highest BCUT2D eigenvalue weighted by Crippen LogP contribution is 2.24. The lowest BCUT2D eigenvalue weighted by Crippen LogP contribution is -2.28. The Morgan fingerprint density at radius 3 is 2.06 bits per heavy atom. The first-order chi connectivity index (χ1) is 15.4. The van der Waals surface area contributed by atoms with Crippen molar-refractivity contribution < 1.29 is 10.2 Å². The number of aliphatic hydroxyl groups is 2. The van der Waals surface area contributed by atoms with Crippen LogP contribution in [0, 0.1) is 6.92 Å². The molecule has 170 valence electrons. The van der Waals surface area contributed by atoms with Crippen molar-refractivity contribution in [2.75, 3.05) is 34.4 Å². The molecule has 3 aromatic rings. The Morgan fingerprint density at radius 1 is 0.938 bits per heavy atom. The molecule has 10 nitrogen and oxygen atoms in total. The normalized spacial score (nSPS) is 12.7. The zero-order valence-electron chi connectivity index (χ0n) is 18.1. The number of nitrogens with one attached hydrogen (secondary N) is 4. The lowest BCUT2D eigenvalue weighted by molar-refractivity contribution is 0.177. The van der Waals surface area contributed by atoms with Gasteiger partial charge in [0, 0.05) is 35.9 Å². The molecule has 0 fully saturated rings. The number of halogens is 1. The predicted octanol–water partition coefficient (Wildman–Crippen LogP) is 3.41. The number of aliphatic hydroxyl groups excluding tert-OH is 2. The molecular formula is C21H27BrN8O2. The number of hydrogen-bond donors (Lipinski definition) is 6. The molecule has 0 radical (unpaired) electrons. The summed E-state index contributed by atoms with van der Waals surface area (Å²) < 4.78 is 0.709. The summed E-state index contributed by atoms with van der Waals surface area (Å²) in [6, 6.07) is 7.39. The van der Waals surface area contributed by atoms with Gasteiger partial charge in [-0.05, 0) is 61.0 Å². The minimum Gasteiger partial charge on any atom is -0.395 e. The standard InChI is InChI=1S/C21H27BrN8O2/c1-12-10-24-20(29-18(12)23-8-9-31)27-15-4-6-16(7-5-15)28-21-25-11-17(22)19(30-21)26-13(2)14(3)32/h4-7,10-11,13-14,31-32H,8-9H2,1-3H3,(H2,23,24,27,29)(H2,25,26,28,30)/t13-,14-/m1/s1. The van der Waals surface area contributed by atoms with Crippen LogP contribution in [-0.2, 0) is 0 Å². The average Bonchev–Trinajstić information content (AvgIpc) is 2.77. The number of aryl methyl sites for hydroxylation is 1. The molecule has 32 heavy (non-hydrogen) atoms. The SMILES string of the molecule is Cc1cnc(Nc2ccc(Nc3ncc(Br)c(N[C@H](C)[C@@H](C)O)n3)cc2)nc1NCCO. The molecule has 2 heterocycles. The van der Waals surface area contributed by atoms with Crippen molar-refractivity contribution in [1.82, 2.24) is 19.9 Å². The molecule has 2 aromatic heterocycles. The maximum atomic E-state index is 9.71. The number of anilines is 6. The smallest absolute Gasteiger partial charge is 0.229 e. The van der Waals surface area contributed by atoms with Crippen LogP contribution in [0.25, 0.3) is 0 Å². The molecule has 0 aliphatic rings. The Labute approximate surface area is 195 Å². The number of aromatic nitrogens is 4. The third-order valence-electron chi connectivity index (χ3n) is 4.61. The second kappa shape index (κ2) is 11.0. The topological polar surface area (TPSA) is 140 Å². The summed E-state index contributed by atoms with van der Waals surface area (Å²) in [6.07, 6.45) is 2.85. The minimum absolute atomic E-state index is 0.0277. The second-order valence-electron chi connectivity index (χ2n) is 7.27. The van der Waals surface area contributed by atoms with Crippen molar-refractivity contribution in [3.8, 4) is 0 Å². The van der Waals surface area contributed by atoms with Crippen molar-refractivity contribution in [3.63, 3.8) is 0 Å². The van der Waals surface area contributed by atoms with Gasteiger partial charge in [0.05, 0.1) is 23.2 Å². The first-order valence-corrected chi connectivity index (χ1v) is 10.9. The lowest BCUT2D eigenvalue weighted by Gasteiger charge is -2.18. The van der Waals surface area contributed by atoms with Gasteiger partial charge < -0.3 is 31.5 Å². The van der Waals surface area contributed by atoms with Crippen LogP contribution in [-0.4, -0.2) is 55.4 Å². The van der Waals surface area contributed by atoms with Crippen LogP contribution >= 0.6 is 15.9 Å². The van der Waals surface area contributed by atoms with Gasteiger partial charge in [0.1, 0.15) is 11.6 Å². The van der Waals surface area contributed by atoms with Crippen LogP contribution < -0.4 is 21.3 Å². The largest absolute Gasteiger partial charge is 0.395 e. The summed E-state index contributed by atoms with van der Waals surface area (Å²) in [5.74, 6) is 2.15. The van der Waals surface area contributed by atoms with Gasteiger partial charge in [0.2, 0.25) is 11.9 Å². The monoisotopic (exact) mass is 502 g/mol. The quantitative estimate of drug-likeness (QED) is 0.244. The van der Waals surface area contributed by atoms with Gasteiger partial charge >= 0.3 is 0 Å². The Morgan fingerprint density at radius 2 is 1.50 bits per heavy atom. The summed E-state index contributed by atoms with van der Waals surface area (Å²) in [4.78, 5) is 17.5. The Balaban J connectivity index is 1.66. The Hall–Kier alpha value is -3.02. The van der Waals surface area contributed by atoms with Gasteiger partial charge in [-0.15, -0.1) is 0 Å². The molecule has 0 aliphatic carbocycles. The van der Waals surface area contributed by atoms with E-state index in [4.69, 9.17) is 5.11 Å². The summed E-state index contributed by atoms with van der Waals surface area (Å²) >= 11 is 3.42. The van der Waals surface area contributed by atoms with Gasteiger partial charge in [0.25, 0.3) is 0 Å². The number of hydrogen-bond acceptors (Lipinski definition) is 10. The maximum absolute atomic E-state index is 9.71. The van der Waals surface area contributed by atoms with E-state index in [0.29, 0.717) is 34.5 Å². The van der Waals surface area contributed by atoms with Crippen molar-refractivity contribution in [2.45, 2.75) is 32.9 Å². The second-order valence-corrected chi connectivity index (χ2v) is 8.12. The van der Waals surface area contributed by atoms with Crippen LogP contribution in [0.2, 0.25) is 0 Å². The van der Waals surface area contributed by atoms with E-state index >= 15 is 0 Å². The highest BCUT2D eigenvalue weighted by atomic mass is 79.9. The number of benzene rings is 1. The molecule has 1 aromatic carbocycles. The van der Waals surface area contributed by atoms with E-state index in [0.717, 1.165) is 16.9 Å². The van der Waals surface area contributed by atoms with Crippen molar-refractivity contribution in [2.24, 2.45) is 0 Å². The molecule has 2 atom stereocenters. The molecule has 3 rings (SSSR count). The van der Waals surface area contributed by atoms with Crippen molar-refractivity contribution in [1.29, 1.82) is 0 Å². The molecule has 0 saturated carbocycles. The third kappa shape index (κ3) is 6.49. The fourth-order valence-corrected chi connectivity index (χ4v) is 2.92. The van der Waals surface area contributed by atoms with Crippen LogP contribution in [0.3, 0.4) is 0 Å². The van der Waals surface area contributed by atoms with E-state index in [9.17, 15) is 5.11 Å². The van der Waals surface area contributed by atoms with Crippen LogP contribution in [0.1, 0.15) is 19.4 Å². The summed E-state index contributed by atoms with van der Waals surface area (Å²) in [5.41, 5.74) is 2.52. The summed E-state index contributed by atoms with van der Waals surface area (Å²) in [6.45, 7) is 5.95. The van der Waals surface area contributed by atoms with Gasteiger partial charge in [-0.2, -0.15) is 9.97 Å². The van der Waals surface area contributed by atoms with Crippen LogP contribution in [0.5, 0.6) is 0 Å². The molecule has 6 N–H and O–H groups in total. The zero-order valence-corrected chi connectivity index (χ0v) is 19.7. The fraction of sp³-hybridized carbons (Fsp3) is 0.333. The lowest BCUT2D eigenvalue weighted by atomic mass is 10.2. The van der Waals surface area contributed by atoms with E-state index in [1.165, 1.54) is 0 Å². The highest BCUT2D eigenvalue weighted by molar-refractivity contribution is 9.10. The van der Waals surface area contributed by atoms with E-state index in [-0.39, 0.29) is 12.6 Å². The highest BCUT2D eigenvalue weighted by Gasteiger charge is 2.12. The molecule has 0 saturated heterocycles. The molecule has 11 heteroatoms. The minimum atomic E-state index is -0.521. The fourth-order valence-electron chi connectivity index (χ4n) is 2.62. The third-order valence-corrected chi connectivity index (χ3v) is 5.19. The average molecular weight is 503 g/mol. The Bertz CT molecular complexity index is 1030. The van der Waals surface area contributed by atoms with Crippen LogP contribution in [0.4, 0.5) is 34.9 Å². The van der Waals surface area contributed by atoms with E-state index in [1.807, 2.05) is 38.1 Å². The predicted molar refractivity (Wildman–Crippen MR) is 130 cm³/mol. The van der Waals surface area contributed by atoms with E-state index < -0.39 is 6.10 Å². The molecule has 0 aliphatic heterocycles. The van der Waals surface area contributed by atoms with Gasteiger partial charge in [0.15, 0.2) is 0 Å².